The summed E-state index contributed by atoms with van der Waals surface area (Å²) in [6.45, 7) is 8.26. The third-order valence-corrected chi connectivity index (χ3v) is 9.94. The van der Waals surface area contributed by atoms with Crippen LogP contribution in [0.15, 0.2) is 158 Å². The first-order valence-corrected chi connectivity index (χ1v) is 17.4. The third kappa shape index (κ3) is 6.64. The average Bonchev–Trinajstić information content (AvgIpc) is 3.41. The Hall–Kier alpha value is -5.69. The molecule has 1 aliphatic rings. The van der Waals surface area contributed by atoms with E-state index in [-0.39, 0.29) is 0 Å². The van der Waals surface area contributed by atoms with Gasteiger partial charge in [0.2, 0.25) is 0 Å². The molecular formula is C45H38BN3O2. The fourth-order valence-electron chi connectivity index (χ4n) is 6.38. The normalized spacial score (nSPS) is 14.8. The van der Waals surface area contributed by atoms with Gasteiger partial charge in [0.1, 0.15) is 0 Å². The summed E-state index contributed by atoms with van der Waals surface area (Å²) in [6, 6.07) is 54.5. The van der Waals surface area contributed by atoms with Crippen molar-refractivity contribution in [2.24, 2.45) is 0 Å². The predicted molar refractivity (Wildman–Crippen MR) is 208 cm³/mol. The maximum atomic E-state index is 6.38. The lowest BCUT2D eigenvalue weighted by Gasteiger charge is -2.32. The molecule has 1 aliphatic heterocycles. The van der Waals surface area contributed by atoms with E-state index in [0.29, 0.717) is 17.5 Å². The number of hydrogen-bond donors (Lipinski definition) is 0. The quantitative estimate of drug-likeness (QED) is 0.159. The molecule has 0 saturated carbocycles. The first-order chi connectivity index (χ1) is 24.7. The van der Waals surface area contributed by atoms with Crippen LogP contribution >= 0.6 is 0 Å². The Bertz CT molecular complexity index is 2250. The summed E-state index contributed by atoms with van der Waals surface area (Å²) in [5.41, 5.74) is 9.58. The Balaban J connectivity index is 1.23. The molecule has 0 spiro atoms. The van der Waals surface area contributed by atoms with Crippen molar-refractivity contribution in [1.82, 2.24) is 15.0 Å². The van der Waals surface area contributed by atoms with Crippen molar-refractivity contribution in [2.75, 3.05) is 0 Å². The highest BCUT2D eigenvalue weighted by molar-refractivity contribution is 6.62. The van der Waals surface area contributed by atoms with Crippen LogP contribution in [0.25, 0.3) is 67.5 Å². The molecule has 1 fully saturated rings. The molecule has 2 heterocycles. The van der Waals surface area contributed by atoms with Crippen molar-refractivity contribution in [1.29, 1.82) is 0 Å². The van der Waals surface area contributed by atoms with E-state index < -0.39 is 18.3 Å². The van der Waals surface area contributed by atoms with E-state index in [0.717, 1.165) is 44.4 Å². The van der Waals surface area contributed by atoms with Crippen LogP contribution in [0.3, 0.4) is 0 Å². The van der Waals surface area contributed by atoms with Crippen LogP contribution in [0, 0.1) is 0 Å². The number of hydrogen-bond acceptors (Lipinski definition) is 5. The highest BCUT2D eigenvalue weighted by atomic mass is 16.7. The van der Waals surface area contributed by atoms with Gasteiger partial charge < -0.3 is 9.31 Å². The molecule has 8 rings (SSSR count). The molecule has 0 N–H and O–H groups in total. The van der Waals surface area contributed by atoms with Crippen molar-refractivity contribution in [2.45, 2.75) is 38.9 Å². The van der Waals surface area contributed by atoms with Gasteiger partial charge in [-0.15, -0.1) is 0 Å². The van der Waals surface area contributed by atoms with E-state index in [1.165, 1.54) is 11.1 Å². The topological polar surface area (TPSA) is 57.1 Å². The summed E-state index contributed by atoms with van der Waals surface area (Å²) in [4.78, 5) is 15.1. The van der Waals surface area contributed by atoms with Crippen molar-refractivity contribution < 1.29 is 9.31 Å². The molecule has 1 saturated heterocycles. The second-order valence-electron chi connectivity index (χ2n) is 14.0. The highest BCUT2D eigenvalue weighted by Crippen LogP contribution is 2.37. The van der Waals surface area contributed by atoms with Crippen molar-refractivity contribution >= 4 is 12.6 Å². The molecule has 0 amide bonds. The molecule has 248 valence electrons. The monoisotopic (exact) mass is 663 g/mol. The molecule has 0 radical (unpaired) electrons. The SMILES string of the molecule is CC1(C)OB(c2cccc(-c3nc(-c4ccccc4)nc(-c4cccc(-c5cc(-c6ccccc6)cc(-c6ccccc6)c5)c4)n3)c2)OC1(C)C. The second-order valence-corrected chi connectivity index (χ2v) is 14.0. The van der Waals surface area contributed by atoms with Crippen LogP contribution in [-0.2, 0) is 9.31 Å². The van der Waals surface area contributed by atoms with Gasteiger partial charge in [-0.2, -0.15) is 0 Å². The Labute approximate surface area is 300 Å². The van der Waals surface area contributed by atoms with Gasteiger partial charge in [-0.3, -0.25) is 0 Å². The van der Waals surface area contributed by atoms with Crippen molar-refractivity contribution in [3.05, 3.63) is 158 Å². The molecule has 5 nitrogen and oxygen atoms in total. The Kier molecular flexibility index (Phi) is 8.43. The highest BCUT2D eigenvalue weighted by Gasteiger charge is 2.51. The van der Waals surface area contributed by atoms with Crippen LogP contribution in [0.4, 0.5) is 0 Å². The number of benzene rings is 6. The summed E-state index contributed by atoms with van der Waals surface area (Å²) in [5, 5.41) is 0. The Morgan fingerprint density at radius 1 is 0.353 bits per heavy atom. The molecule has 0 atom stereocenters. The van der Waals surface area contributed by atoms with Gasteiger partial charge >= 0.3 is 7.12 Å². The standard InChI is InChI=1S/C45H38BN3O2/c1-44(2)45(3,4)51-46(50-44)40-25-15-24-36(30-40)43-48-41(33-20-12-7-13-21-33)47-42(49-43)35-23-14-22-34(26-35)39-28-37(31-16-8-5-9-17-31)27-38(29-39)32-18-10-6-11-19-32/h5-30H,1-4H3. The van der Waals surface area contributed by atoms with Crippen LogP contribution in [-0.4, -0.2) is 33.3 Å². The molecule has 6 aromatic carbocycles. The van der Waals surface area contributed by atoms with Crippen molar-refractivity contribution in [3.63, 3.8) is 0 Å². The number of nitrogens with zero attached hydrogens (tertiary/aromatic N) is 3. The first kappa shape index (κ1) is 32.5. The lowest BCUT2D eigenvalue weighted by atomic mass is 9.78. The fraction of sp³-hybridized carbons (Fsp3) is 0.133. The van der Waals surface area contributed by atoms with Gasteiger partial charge in [-0.05, 0) is 90.8 Å². The summed E-state index contributed by atoms with van der Waals surface area (Å²) >= 11 is 0. The van der Waals surface area contributed by atoms with Gasteiger partial charge in [0.05, 0.1) is 11.2 Å². The number of rotatable bonds is 7. The predicted octanol–water partition coefficient (Wildman–Crippen LogP) is 10.2. The van der Waals surface area contributed by atoms with Gasteiger partial charge in [0, 0.05) is 16.7 Å². The lowest BCUT2D eigenvalue weighted by Crippen LogP contribution is -2.41. The Morgan fingerprint density at radius 2 is 0.706 bits per heavy atom. The fourth-order valence-corrected chi connectivity index (χ4v) is 6.38. The maximum absolute atomic E-state index is 6.38. The summed E-state index contributed by atoms with van der Waals surface area (Å²) in [6.07, 6.45) is 0. The summed E-state index contributed by atoms with van der Waals surface area (Å²) < 4.78 is 12.8. The molecule has 0 aliphatic carbocycles. The summed E-state index contributed by atoms with van der Waals surface area (Å²) in [5.74, 6) is 1.80. The van der Waals surface area contributed by atoms with E-state index in [2.05, 4.69) is 137 Å². The molecule has 7 aromatic rings. The zero-order valence-electron chi connectivity index (χ0n) is 29.2. The third-order valence-electron chi connectivity index (χ3n) is 9.94. The zero-order valence-corrected chi connectivity index (χ0v) is 29.2. The van der Waals surface area contributed by atoms with E-state index >= 15 is 0 Å². The second kappa shape index (κ2) is 13.2. The summed E-state index contributed by atoms with van der Waals surface area (Å²) in [7, 11) is -0.492. The minimum absolute atomic E-state index is 0.442. The van der Waals surface area contributed by atoms with Gasteiger partial charge in [0.15, 0.2) is 17.5 Å². The van der Waals surface area contributed by atoms with Crippen LogP contribution < -0.4 is 5.46 Å². The first-order valence-electron chi connectivity index (χ1n) is 17.4. The van der Waals surface area contributed by atoms with Gasteiger partial charge in [-0.1, -0.05) is 133 Å². The molecular weight excluding hydrogens is 625 g/mol. The van der Waals surface area contributed by atoms with E-state index in [4.69, 9.17) is 24.3 Å². The minimum Gasteiger partial charge on any atom is -0.399 e. The average molecular weight is 664 g/mol. The minimum atomic E-state index is -0.492. The maximum Gasteiger partial charge on any atom is 0.494 e. The number of aromatic nitrogens is 3. The van der Waals surface area contributed by atoms with Crippen LogP contribution in [0.5, 0.6) is 0 Å². The van der Waals surface area contributed by atoms with Crippen molar-refractivity contribution in [3.8, 4) is 67.5 Å². The Morgan fingerprint density at radius 3 is 1.22 bits per heavy atom. The van der Waals surface area contributed by atoms with Crippen LogP contribution in [0.1, 0.15) is 27.7 Å². The van der Waals surface area contributed by atoms with E-state index in [1.807, 2.05) is 48.5 Å². The zero-order chi connectivity index (χ0) is 35.0. The van der Waals surface area contributed by atoms with Gasteiger partial charge in [-0.25, -0.2) is 15.0 Å². The molecule has 6 heteroatoms. The van der Waals surface area contributed by atoms with Crippen LogP contribution in [0.2, 0.25) is 0 Å². The largest absolute Gasteiger partial charge is 0.494 e. The van der Waals surface area contributed by atoms with Gasteiger partial charge in [0.25, 0.3) is 0 Å². The molecule has 0 unspecified atom stereocenters. The lowest BCUT2D eigenvalue weighted by molar-refractivity contribution is 0.00578. The van der Waals surface area contributed by atoms with E-state index in [1.54, 1.807) is 0 Å². The van der Waals surface area contributed by atoms with E-state index in [9.17, 15) is 0 Å². The molecule has 51 heavy (non-hydrogen) atoms. The smallest absolute Gasteiger partial charge is 0.399 e. The molecule has 0 bridgehead atoms. The molecule has 1 aromatic heterocycles.